The van der Waals surface area contributed by atoms with Crippen molar-refractivity contribution < 1.29 is 22.7 Å². The molecule has 0 unspecified atom stereocenters. The molecule has 1 fully saturated rings. The van der Waals surface area contributed by atoms with E-state index in [1.54, 1.807) is 6.07 Å². The van der Waals surface area contributed by atoms with E-state index in [0.29, 0.717) is 5.69 Å². The summed E-state index contributed by atoms with van der Waals surface area (Å²) in [5.74, 6) is -0.910. The van der Waals surface area contributed by atoms with Crippen LogP contribution in [0.3, 0.4) is 0 Å². The third-order valence-corrected chi connectivity index (χ3v) is 5.44. The van der Waals surface area contributed by atoms with Gasteiger partial charge >= 0.3 is 5.97 Å². The van der Waals surface area contributed by atoms with E-state index >= 15 is 0 Å². The van der Waals surface area contributed by atoms with E-state index in [9.17, 15) is 18.0 Å². The Morgan fingerprint density at radius 1 is 1.36 bits per heavy atom. The van der Waals surface area contributed by atoms with Gasteiger partial charge < -0.3 is 15.4 Å². The summed E-state index contributed by atoms with van der Waals surface area (Å²) in [6, 6.07) is 6.19. The van der Waals surface area contributed by atoms with Crippen molar-refractivity contribution in [2.75, 3.05) is 25.5 Å². The molecule has 25 heavy (non-hydrogen) atoms. The van der Waals surface area contributed by atoms with E-state index in [1.807, 2.05) is 6.92 Å². The number of piperidine rings is 1. The van der Waals surface area contributed by atoms with Crippen LogP contribution in [0.2, 0.25) is 0 Å². The molecule has 1 saturated heterocycles. The minimum atomic E-state index is -3.87. The molecule has 2 atom stereocenters. The van der Waals surface area contributed by atoms with Gasteiger partial charge in [-0.15, -0.1) is 0 Å². The lowest BCUT2D eigenvalue weighted by atomic mass is 9.92. The number of nitrogens with one attached hydrogen (secondary N) is 3. The molecule has 8 nitrogen and oxygen atoms in total. The van der Waals surface area contributed by atoms with E-state index in [1.165, 1.54) is 25.3 Å². The zero-order chi connectivity index (χ0) is 18.4. The fourth-order valence-corrected chi connectivity index (χ4v) is 3.68. The van der Waals surface area contributed by atoms with Crippen LogP contribution in [0.4, 0.5) is 5.69 Å². The predicted molar refractivity (Wildman–Crippen MR) is 92.5 cm³/mol. The van der Waals surface area contributed by atoms with Gasteiger partial charge in [0, 0.05) is 17.6 Å². The second-order valence-corrected chi connectivity index (χ2v) is 7.76. The summed E-state index contributed by atoms with van der Waals surface area (Å²) in [7, 11) is -2.69. The molecule has 138 valence electrons. The fraction of sp³-hybridized carbons (Fsp3) is 0.500. The zero-order valence-corrected chi connectivity index (χ0v) is 15.1. The Morgan fingerprint density at radius 3 is 2.80 bits per heavy atom. The molecule has 1 aromatic rings. The van der Waals surface area contributed by atoms with Gasteiger partial charge in [-0.2, -0.15) is 4.72 Å². The van der Waals surface area contributed by atoms with Gasteiger partial charge in [-0.05, 0) is 44.5 Å². The number of hydrogen-bond acceptors (Lipinski definition) is 6. The predicted octanol–water partition coefficient (Wildman–Crippen LogP) is 0.465. The second-order valence-electron chi connectivity index (χ2n) is 5.99. The molecular weight excluding hydrogens is 346 g/mol. The summed E-state index contributed by atoms with van der Waals surface area (Å²) in [5, 5.41) is 6.05. The Labute approximate surface area is 147 Å². The number of hydrogen-bond donors (Lipinski definition) is 3. The molecule has 0 radical (unpaired) electrons. The average molecular weight is 369 g/mol. The molecule has 0 saturated carbocycles. The van der Waals surface area contributed by atoms with Crippen molar-refractivity contribution in [3.05, 3.63) is 24.3 Å². The van der Waals surface area contributed by atoms with Gasteiger partial charge in [-0.3, -0.25) is 9.59 Å². The van der Waals surface area contributed by atoms with Crippen LogP contribution >= 0.6 is 0 Å². The molecule has 0 aliphatic carbocycles. The Hall–Kier alpha value is -1.97. The minimum Gasteiger partial charge on any atom is -0.468 e. The molecule has 2 rings (SSSR count). The third-order valence-electron chi connectivity index (χ3n) is 4.04. The fourth-order valence-electron chi connectivity index (χ4n) is 2.66. The number of carbonyl (C=O) groups excluding carboxylic acids is 2. The Balaban J connectivity index is 2.05. The van der Waals surface area contributed by atoms with Crippen molar-refractivity contribution in [2.45, 2.75) is 30.7 Å². The average Bonchev–Trinajstić information content (AvgIpc) is 2.60. The van der Waals surface area contributed by atoms with Crippen LogP contribution in [0.5, 0.6) is 0 Å². The van der Waals surface area contributed by atoms with Crippen molar-refractivity contribution in [1.82, 2.24) is 10.0 Å². The summed E-state index contributed by atoms with van der Waals surface area (Å²) < 4.78 is 30.9. The summed E-state index contributed by atoms with van der Waals surface area (Å²) in [4.78, 5) is 23.4. The van der Waals surface area contributed by atoms with Crippen LogP contribution < -0.4 is 15.4 Å². The number of anilines is 1. The minimum absolute atomic E-state index is 0.0344. The highest BCUT2D eigenvalue weighted by atomic mass is 32.2. The molecule has 9 heteroatoms. The first kappa shape index (κ1) is 19.4. The van der Waals surface area contributed by atoms with Crippen molar-refractivity contribution in [3.8, 4) is 0 Å². The van der Waals surface area contributed by atoms with Gasteiger partial charge in [-0.1, -0.05) is 6.07 Å². The maximum absolute atomic E-state index is 12.4. The number of methoxy groups -OCH3 is 1. The zero-order valence-electron chi connectivity index (χ0n) is 14.2. The maximum Gasteiger partial charge on any atom is 0.320 e. The molecule has 1 heterocycles. The second kappa shape index (κ2) is 8.41. The summed E-state index contributed by atoms with van der Waals surface area (Å²) in [6.07, 6.45) is 1.49. The quantitative estimate of drug-likeness (QED) is 0.628. The highest BCUT2D eigenvalue weighted by Crippen LogP contribution is 2.20. The van der Waals surface area contributed by atoms with Crippen molar-refractivity contribution in [2.24, 2.45) is 5.92 Å². The number of esters is 1. The van der Waals surface area contributed by atoms with Crippen LogP contribution in [0, 0.1) is 5.92 Å². The molecule has 1 aromatic carbocycles. The smallest absolute Gasteiger partial charge is 0.320 e. The molecule has 1 aliphatic rings. The van der Waals surface area contributed by atoms with Gasteiger partial charge in [0.25, 0.3) is 0 Å². The molecule has 0 spiro atoms. The molecular formula is C16H23N3O5S. The first-order valence-corrected chi connectivity index (χ1v) is 9.51. The Morgan fingerprint density at radius 2 is 2.12 bits per heavy atom. The van der Waals surface area contributed by atoms with Crippen LogP contribution in [-0.4, -0.2) is 46.5 Å². The van der Waals surface area contributed by atoms with E-state index in [2.05, 4.69) is 20.1 Å². The maximum atomic E-state index is 12.4. The molecule has 3 N–H and O–H groups in total. The number of carbonyl (C=O) groups is 2. The highest BCUT2D eigenvalue weighted by Gasteiger charge is 2.25. The number of benzene rings is 1. The van der Waals surface area contributed by atoms with Crippen LogP contribution in [0.25, 0.3) is 0 Å². The van der Waals surface area contributed by atoms with E-state index in [-0.39, 0.29) is 22.8 Å². The SMILES string of the molecule is COC(=O)CNS(=O)(=O)c1cccc(NC(=O)[C@H]2CCN[C@@H](C)C2)c1. The lowest BCUT2D eigenvalue weighted by Crippen LogP contribution is -2.40. The van der Waals surface area contributed by atoms with Gasteiger partial charge in [0.2, 0.25) is 15.9 Å². The monoisotopic (exact) mass is 369 g/mol. The number of rotatable bonds is 6. The Bertz CT molecular complexity index is 735. The summed E-state index contributed by atoms with van der Waals surface area (Å²) >= 11 is 0. The number of sulfonamides is 1. The van der Waals surface area contributed by atoms with Crippen molar-refractivity contribution >= 4 is 27.6 Å². The molecule has 0 bridgehead atoms. The van der Waals surface area contributed by atoms with Gasteiger partial charge in [0.15, 0.2) is 0 Å². The van der Waals surface area contributed by atoms with E-state index < -0.39 is 22.5 Å². The molecule has 1 aliphatic heterocycles. The van der Waals surface area contributed by atoms with Crippen molar-refractivity contribution in [1.29, 1.82) is 0 Å². The van der Waals surface area contributed by atoms with Crippen LogP contribution in [0.15, 0.2) is 29.2 Å². The summed E-state index contributed by atoms with van der Waals surface area (Å²) in [5.41, 5.74) is 0.400. The third kappa shape index (κ3) is 5.52. The first-order valence-electron chi connectivity index (χ1n) is 8.02. The van der Waals surface area contributed by atoms with E-state index in [4.69, 9.17) is 0 Å². The largest absolute Gasteiger partial charge is 0.468 e. The molecule has 1 amide bonds. The van der Waals surface area contributed by atoms with Gasteiger partial charge in [-0.25, -0.2) is 8.42 Å². The van der Waals surface area contributed by atoms with Crippen LogP contribution in [0.1, 0.15) is 19.8 Å². The number of amides is 1. The Kier molecular flexibility index (Phi) is 6.51. The normalized spacial score (nSPS) is 20.7. The summed E-state index contributed by atoms with van der Waals surface area (Å²) in [6.45, 7) is 2.35. The van der Waals surface area contributed by atoms with Crippen molar-refractivity contribution in [3.63, 3.8) is 0 Å². The van der Waals surface area contributed by atoms with Gasteiger partial charge in [0.1, 0.15) is 6.54 Å². The van der Waals surface area contributed by atoms with E-state index in [0.717, 1.165) is 19.4 Å². The van der Waals surface area contributed by atoms with Crippen LogP contribution in [-0.2, 0) is 24.3 Å². The number of ether oxygens (including phenoxy) is 1. The molecule has 0 aromatic heterocycles. The van der Waals surface area contributed by atoms with Gasteiger partial charge in [0.05, 0.1) is 12.0 Å². The highest BCUT2D eigenvalue weighted by molar-refractivity contribution is 7.89. The lowest BCUT2D eigenvalue weighted by Gasteiger charge is -2.27. The first-order chi connectivity index (χ1) is 11.8. The lowest BCUT2D eigenvalue weighted by molar-refractivity contribution is -0.139. The standard InChI is InChI=1S/C16H23N3O5S/c1-11-8-12(6-7-17-11)16(21)19-13-4-3-5-14(9-13)25(22,23)18-10-15(20)24-2/h3-5,9,11-12,17-18H,6-8,10H2,1-2H3,(H,19,21)/t11-,12-/m0/s1. The topological polar surface area (TPSA) is 114 Å².